The highest BCUT2D eigenvalue weighted by Gasteiger charge is 2.75. The van der Waals surface area contributed by atoms with E-state index in [2.05, 4.69) is 10.4 Å². The molecule has 2 atom stereocenters. The number of amides is 3. The summed E-state index contributed by atoms with van der Waals surface area (Å²) in [4.78, 5) is 56.1. The Hall–Kier alpha value is -4.40. The van der Waals surface area contributed by atoms with Crippen molar-refractivity contribution in [2.75, 3.05) is 0 Å². The number of hydrazine groups is 1. The quantitative estimate of drug-likeness (QED) is 0.378. The molecule has 3 amide bonds. The summed E-state index contributed by atoms with van der Waals surface area (Å²) in [7, 11) is 0. The lowest BCUT2D eigenvalue weighted by molar-refractivity contribution is -0.578. The summed E-state index contributed by atoms with van der Waals surface area (Å²) in [6, 6.07) is 16.7. The highest BCUT2D eigenvalue weighted by Crippen LogP contribution is 2.63. The van der Waals surface area contributed by atoms with Crippen molar-refractivity contribution in [1.82, 2.24) is 15.4 Å². The Morgan fingerprint density at radius 3 is 2.09 bits per heavy atom. The van der Waals surface area contributed by atoms with Crippen molar-refractivity contribution in [3.63, 3.8) is 0 Å². The summed E-state index contributed by atoms with van der Waals surface area (Å²) in [5.41, 5.74) is 2.83. The van der Waals surface area contributed by atoms with Gasteiger partial charge in [-0.3, -0.25) is 34.9 Å². The molecule has 1 N–H and O–H groups in total. The van der Waals surface area contributed by atoms with E-state index >= 15 is 0 Å². The third-order valence-electron chi connectivity index (χ3n) is 7.02. The molecule has 7 rings (SSSR count). The maximum absolute atomic E-state index is 13.6. The van der Waals surface area contributed by atoms with Crippen LogP contribution in [0.1, 0.15) is 38.5 Å². The maximum atomic E-state index is 13.6. The lowest BCUT2D eigenvalue weighted by Gasteiger charge is -2.48. The summed E-state index contributed by atoms with van der Waals surface area (Å²) in [6.07, 6.45) is 2.83. The molecule has 1 saturated heterocycles. The van der Waals surface area contributed by atoms with E-state index in [0.717, 1.165) is 0 Å². The number of hydrogen-bond acceptors (Lipinski definition) is 6. The first kappa shape index (κ1) is 19.3. The van der Waals surface area contributed by atoms with Crippen molar-refractivity contribution in [2.24, 2.45) is 11.8 Å². The molecule has 2 heterocycles. The molecule has 9 nitrogen and oxygen atoms in total. The second-order valence-corrected chi connectivity index (χ2v) is 8.37. The van der Waals surface area contributed by atoms with Gasteiger partial charge < -0.3 is 0 Å². The topological polar surface area (TPSA) is 123 Å². The Balaban J connectivity index is 1.54. The van der Waals surface area contributed by atoms with E-state index in [1.54, 1.807) is 48.5 Å². The third kappa shape index (κ3) is 2.25. The second-order valence-electron chi connectivity index (χ2n) is 8.37. The number of pyridine rings is 1. The van der Waals surface area contributed by atoms with Gasteiger partial charge in [-0.15, -0.1) is 0 Å². The summed E-state index contributed by atoms with van der Waals surface area (Å²) in [5, 5.41) is 13.5. The number of hydrogen-bond donors (Lipinski definition) is 1. The van der Waals surface area contributed by atoms with E-state index in [1.807, 2.05) is 0 Å². The Kier molecular flexibility index (Phi) is 3.83. The van der Waals surface area contributed by atoms with Crippen molar-refractivity contribution in [3.05, 3.63) is 111 Å². The average Bonchev–Trinajstić information content (AvgIpc) is 3.10. The molecule has 4 aliphatic rings. The van der Waals surface area contributed by atoms with Crippen LogP contribution < -0.4 is 5.43 Å². The van der Waals surface area contributed by atoms with Gasteiger partial charge in [-0.1, -0.05) is 48.5 Å². The lowest BCUT2D eigenvalue weighted by Crippen LogP contribution is -2.57. The summed E-state index contributed by atoms with van der Waals surface area (Å²) < 4.78 is 0. The number of aromatic nitrogens is 1. The number of nitrogens with one attached hydrogen (secondary N) is 1. The fourth-order valence-corrected chi connectivity index (χ4v) is 5.82. The smallest absolute Gasteiger partial charge is 0.272 e. The highest BCUT2D eigenvalue weighted by molar-refractivity contribution is 6.10. The van der Waals surface area contributed by atoms with E-state index in [9.17, 15) is 24.5 Å². The molecule has 0 radical (unpaired) electrons. The Morgan fingerprint density at radius 1 is 0.939 bits per heavy atom. The van der Waals surface area contributed by atoms with Crippen LogP contribution in [-0.4, -0.2) is 32.6 Å². The first-order valence-corrected chi connectivity index (χ1v) is 10.4. The number of carbonyl (C=O) groups excluding carboxylic acids is 3. The Morgan fingerprint density at radius 2 is 1.52 bits per heavy atom. The highest BCUT2D eigenvalue weighted by atomic mass is 16.6. The molecule has 33 heavy (non-hydrogen) atoms. The zero-order valence-corrected chi connectivity index (χ0v) is 17.0. The molecule has 3 aromatic rings. The molecule has 2 unspecified atom stereocenters. The van der Waals surface area contributed by atoms with Gasteiger partial charge in [0.2, 0.25) is 0 Å². The second kappa shape index (κ2) is 6.55. The van der Waals surface area contributed by atoms with Gasteiger partial charge in [-0.25, -0.2) is 0 Å². The molecule has 1 aromatic heterocycles. The number of benzene rings is 2. The van der Waals surface area contributed by atoms with Crippen molar-refractivity contribution in [3.8, 4) is 0 Å². The van der Waals surface area contributed by atoms with Crippen LogP contribution in [0.3, 0.4) is 0 Å². The van der Waals surface area contributed by atoms with Crippen LogP contribution in [0.4, 0.5) is 0 Å². The van der Waals surface area contributed by atoms with Gasteiger partial charge in [-0.05, 0) is 23.3 Å². The van der Waals surface area contributed by atoms with Crippen LogP contribution in [0.2, 0.25) is 0 Å². The monoisotopic (exact) mass is 440 g/mol. The fraction of sp³-hybridized carbons (Fsp3) is 0.167. The van der Waals surface area contributed by atoms with Gasteiger partial charge in [0.25, 0.3) is 23.3 Å². The minimum absolute atomic E-state index is 0.207. The minimum atomic E-state index is -1.92. The molecule has 0 saturated carbocycles. The molecular weight excluding hydrogens is 424 g/mol. The number of nitrogens with zero attached hydrogens (tertiary/aromatic N) is 3. The van der Waals surface area contributed by atoms with E-state index in [4.69, 9.17) is 0 Å². The number of carbonyl (C=O) groups is 3. The molecule has 1 fully saturated rings. The molecule has 2 aromatic carbocycles. The zero-order valence-electron chi connectivity index (χ0n) is 17.0. The zero-order chi connectivity index (χ0) is 22.9. The van der Waals surface area contributed by atoms with Crippen molar-refractivity contribution in [2.45, 2.75) is 11.5 Å². The molecule has 0 spiro atoms. The predicted octanol–water partition coefficient (Wildman–Crippen LogP) is 2.01. The molecule has 162 valence electrons. The first-order chi connectivity index (χ1) is 16.0. The number of imide groups is 1. The van der Waals surface area contributed by atoms with Crippen LogP contribution in [-0.2, 0) is 15.1 Å². The van der Waals surface area contributed by atoms with E-state index < -0.39 is 45.9 Å². The van der Waals surface area contributed by atoms with Crippen LogP contribution >= 0.6 is 0 Å². The van der Waals surface area contributed by atoms with Gasteiger partial charge >= 0.3 is 0 Å². The van der Waals surface area contributed by atoms with Crippen molar-refractivity contribution >= 4 is 17.7 Å². The average molecular weight is 440 g/mol. The van der Waals surface area contributed by atoms with Gasteiger partial charge in [0.15, 0.2) is 0 Å². The summed E-state index contributed by atoms with van der Waals surface area (Å²) in [5.74, 6) is -4.89. The molecule has 2 bridgehead atoms. The normalized spacial score (nSPS) is 26.4. The number of nitro groups is 1. The van der Waals surface area contributed by atoms with Crippen LogP contribution in [0.5, 0.6) is 0 Å². The van der Waals surface area contributed by atoms with E-state index in [1.165, 1.54) is 24.5 Å². The van der Waals surface area contributed by atoms with Crippen molar-refractivity contribution in [1.29, 1.82) is 0 Å². The van der Waals surface area contributed by atoms with E-state index in [0.29, 0.717) is 27.3 Å². The molecule has 3 aliphatic carbocycles. The maximum Gasteiger partial charge on any atom is 0.285 e. The van der Waals surface area contributed by atoms with E-state index in [-0.39, 0.29) is 5.56 Å². The SMILES string of the molecule is O=C(NN1C(=O)C2C3c4ccccc4C([N+](=O)[O-])(c4ccccc43)C2C1=O)c1ccncc1. The number of rotatable bonds is 3. The first-order valence-electron chi connectivity index (χ1n) is 10.4. The minimum Gasteiger partial charge on any atom is -0.272 e. The largest absolute Gasteiger partial charge is 0.285 e. The third-order valence-corrected chi connectivity index (χ3v) is 7.02. The summed E-state index contributed by atoms with van der Waals surface area (Å²) in [6.45, 7) is 0. The fourth-order valence-electron chi connectivity index (χ4n) is 5.82. The lowest BCUT2D eigenvalue weighted by atomic mass is 9.51. The Bertz CT molecular complexity index is 1320. The summed E-state index contributed by atoms with van der Waals surface area (Å²) >= 11 is 0. The van der Waals surface area contributed by atoms with Crippen molar-refractivity contribution < 1.29 is 19.3 Å². The van der Waals surface area contributed by atoms with Gasteiger partial charge in [0.05, 0.1) is 5.92 Å². The standard InChI is InChI=1S/C24H16N4O5/c29-21(13-9-11-25-12-10-13)26-27-22(30)19-18-14-5-1-3-7-16(14)24(28(32)33,20(19)23(27)31)17-8-4-2-6-15(17)18/h1-12,18-20H,(H,26,29). The van der Waals surface area contributed by atoms with Gasteiger partial charge in [-0.2, -0.15) is 5.01 Å². The van der Waals surface area contributed by atoms with Gasteiger partial charge in [0, 0.05) is 39.9 Å². The van der Waals surface area contributed by atoms with Crippen LogP contribution in [0.25, 0.3) is 0 Å². The van der Waals surface area contributed by atoms with Crippen LogP contribution in [0, 0.1) is 22.0 Å². The molecule has 9 heteroatoms. The Labute approximate surface area is 187 Å². The van der Waals surface area contributed by atoms with Gasteiger partial charge in [0.1, 0.15) is 5.92 Å². The van der Waals surface area contributed by atoms with Crippen LogP contribution in [0.15, 0.2) is 73.1 Å². The predicted molar refractivity (Wildman–Crippen MR) is 113 cm³/mol. The molecule has 1 aliphatic heterocycles. The molecular formula is C24H16N4O5.